The van der Waals surface area contributed by atoms with Crippen molar-refractivity contribution in [3.63, 3.8) is 0 Å². The normalized spacial score (nSPS) is 15.5. The summed E-state index contributed by atoms with van der Waals surface area (Å²) >= 11 is 6.23. The molecule has 168 valence electrons. The molecular weight excluding hydrogens is 444 g/mol. The van der Waals surface area contributed by atoms with Crippen LogP contribution in [0.25, 0.3) is 6.08 Å². The van der Waals surface area contributed by atoms with Crippen molar-refractivity contribution in [1.82, 2.24) is 0 Å². The molecule has 0 bridgehead atoms. The second kappa shape index (κ2) is 9.17. The van der Waals surface area contributed by atoms with Crippen LogP contribution >= 0.6 is 11.6 Å². The molecule has 0 spiro atoms. The average molecular weight is 465 g/mol. The first-order valence-electron chi connectivity index (χ1n) is 10.6. The maximum Gasteiger partial charge on any atom is 0.231 e. The number of hydrogen-bond acceptors (Lipinski definition) is 6. The Bertz CT molecular complexity index is 1250. The molecule has 2 heterocycles. The van der Waals surface area contributed by atoms with Crippen LogP contribution in [0.3, 0.4) is 0 Å². The number of carbonyl (C=O) groups excluding carboxylic acids is 1. The van der Waals surface area contributed by atoms with Gasteiger partial charge in [0.15, 0.2) is 12.6 Å². The van der Waals surface area contributed by atoms with Gasteiger partial charge in [-0.25, -0.2) is 0 Å². The Morgan fingerprint density at radius 1 is 1.09 bits per heavy atom. The predicted molar refractivity (Wildman–Crippen MR) is 123 cm³/mol. The minimum Gasteiger partial charge on any atom is -0.493 e. The molecule has 0 unspecified atom stereocenters. The quantitative estimate of drug-likeness (QED) is 0.429. The molecule has 2 aliphatic rings. The zero-order valence-corrected chi connectivity index (χ0v) is 18.7. The zero-order valence-electron chi connectivity index (χ0n) is 17.9. The summed E-state index contributed by atoms with van der Waals surface area (Å²) in [6.45, 7) is 3.33. The van der Waals surface area contributed by atoms with Crippen molar-refractivity contribution in [3.05, 3.63) is 87.6 Å². The number of carbonyl (C=O) groups is 1. The average Bonchev–Trinajstić information content (AvgIpc) is 3.13. The summed E-state index contributed by atoms with van der Waals surface area (Å²) in [5.74, 6) is 2.51. The van der Waals surface area contributed by atoms with Crippen molar-refractivity contribution in [1.29, 1.82) is 0 Å². The Morgan fingerprint density at radius 2 is 1.97 bits per heavy atom. The fourth-order valence-electron chi connectivity index (χ4n) is 3.81. The Hall–Kier alpha value is -3.48. The van der Waals surface area contributed by atoms with Crippen molar-refractivity contribution in [2.45, 2.75) is 20.1 Å². The Balaban J connectivity index is 1.35. The van der Waals surface area contributed by atoms with E-state index in [9.17, 15) is 4.79 Å². The number of hydrogen-bond donors (Lipinski definition) is 0. The van der Waals surface area contributed by atoms with Gasteiger partial charge in [-0.05, 0) is 43.3 Å². The summed E-state index contributed by atoms with van der Waals surface area (Å²) in [6, 6.07) is 16.3. The largest absolute Gasteiger partial charge is 0.493 e. The molecule has 0 atom stereocenters. The van der Waals surface area contributed by atoms with Gasteiger partial charge in [0.1, 0.15) is 29.6 Å². The molecule has 6 nitrogen and oxygen atoms in total. The number of halogens is 1. The van der Waals surface area contributed by atoms with E-state index >= 15 is 0 Å². The van der Waals surface area contributed by atoms with Gasteiger partial charge in [0.2, 0.25) is 5.78 Å². The van der Waals surface area contributed by atoms with Gasteiger partial charge in [-0.15, -0.1) is 0 Å². The lowest BCUT2D eigenvalue weighted by Gasteiger charge is -2.21. The highest BCUT2D eigenvalue weighted by atomic mass is 35.5. The minimum atomic E-state index is -0.180. The molecule has 0 saturated carbocycles. The molecule has 0 aliphatic carbocycles. The maximum atomic E-state index is 12.8. The number of fused-ring (bicyclic) bond motifs is 2. The number of ketones is 1. The highest BCUT2D eigenvalue weighted by Crippen LogP contribution is 2.37. The molecule has 3 aromatic carbocycles. The number of ether oxygens (including phenoxy) is 5. The number of Topliss-reactive ketones (excluding diaryl/α,β-unsaturated/α-hetero) is 1. The van der Waals surface area contributed by atoms with E-state index in [0.717, 1.165) is 22.4 Å². The van der Waals surface area contributed by atoms with Crippen LogP contribution in [0.2, 0.25) is 5.02 Å². The second-order valence-electron chi connectivity index (χ2n) is 7.52. The topological polar surface area (TPSA) is 63.2 Å². The van der Waals surface area contributed by atoms with Crippen LogP contribution in [0.15, 0.2) is 60.4 Å². The molecule has 5 rings (SSSR count). The molecule has 33 heavy (non-hydrogen) atoms. The van der Waals surface area contributed by atoms with Crippen molar-refractivity contribution >= 4 is 23.5 Å². The standard InChI is InChI=1S/C26H21ClO6/c1-2-30-22-6-4-3-5-16(22)11-24-25(28)21-8-7-20(12-23(21)33-24)31-14-18-10-19(27)9-17-13-29-15-32-26(17)18/h3-12H,2,13-15H2,1H3/b24-11-. The van der Waals surface area contributed by atoms with Gasteiger partial charge in [0.25, 0.3) is 0 Å². The van der Waals surface area contributed by atoms with Crippen molar-refractivity contribution < 1.29 is 28.5 Å². The van der Waals surface area contributed by atoms with E-state index in [1.807, 2.05) is 43.3 Å². The van der Waals surface area contributed by atoms with Crippen molar-refractivity contribution in [3.8, 4) is 23.0 Å². The summed E-state index contributed by atoms with van der Waals surface area (Å²) in [5, 5.41) is 0.589. The third-order valence-corrected chi connectivity index (χ3v) is 5.51. The molecule has 0 radical (unpaired) electrons. The van der Waals surface area contributed by atoms with E-state index in [4.69, 9.17) is 35.3 Å². The summed E-state index contributed by atoms with van der Waals surface area (Å²) in [5.41, 5.74) is 2.98. The molecule has 0 fully saturated rings. The SMILES string of the molecule is CCOc1ccccc1/C=C1\Oc2cc(OCc3cc(Cl)cc4c3OCOC4)ccc2C1=O. The number of rotatable bonds is 6. The smallest absolute Gasteiger partial charge is 0.231 e. The highest BCUT2D eigenvalue weighted by molar-refractivity contribution is 6.30. The fraction of sp³-hybridized carbons (Fsp3) is 0.192. The first kappa shape index (κ1) is 21.4. The van der Waals surface area contributed by atoms with E-state index < -0.39 is 0 Å². The van der Waals surface area contributed by atoms with Gasteiger partial charge < -0.3 is 23.7 Å². The van der Waals surface area contributed by atoms with Crippen LogP contribution < -0.4 is 18.9 Å². The lowest BCUT2D eigenvalue weighted by atomic mass is 10.1. The third-order valence-electron chi connectivity index (χ3n) is 5.29. The van der Waals surface area contributed by atoms with Crippen LogP contribution in [-0.4, -0.2) is 19.2 Å². The van der Waals surface area contributed by atoms with E-state index in [-0.39, 0.29) is 24.9 Å². The number of allylic oxidation sites excluding steroid dienone is 1. The molecule has 7 heteroatoms. The van der Waals surface area contributed by atoms with Gasteiger partial charge >= 0.3 is 0 Å². The Morgan fingerprint density at radius 3 is 2.85 bits per heavy atom. The molecular formula is C26H21ClO6. The molecule has 0 aromatic heterocycles. The minimum absolute atomic E-state index is 0.180. The maximum absolute atomic E-state index is 12.8. The summed E-state index contributed by atoms with van der Waals surface area (Å²) in [7, 11) is 0. The fourth-order valence-corrected chi connectivity index (χ4v) is 4.07. The number of benzene rings is 3. The summed E-state index contributed by atoms with van der Waals surface area (Å²) in [4.78, 5) is 12.8. The van der Waals surface area contributed by atoms with E-state index in [0.29, 0.717) is 41.0 Å². The molecule has 3 aromatic rings. The van der Waals surface area contributed by atoms with Crippen LogP contribution in [0, 0.1) is 0 Å². The summed E-state index contributed by atoms with van der Waals surface area (Å²) < 4.78 is 28.4. The van der Waals surface area contributed by atoms with Crippen LogP contribution in [0.5, 0.6) is 23.0 Å². The number of para-hydroxylation sites is 1. The lowest BCUT2D eigenvalue weighted by Crippen LogP contribution is -2.14. The monoisotopic (exact) mass is 464 g/mol. The Kier molecular flexibility index (Phi) is 5.94. The van der Waals surface area contributed by atoms with Crippen LogP contribution in [-0.2, 0) is 18.0 Å². The van der Waals surface area contributed by atoms with E-state index in [1.54, 1.807) is 24.3 Å². The molecule has 0 saturated heterocycles. The summed E-state index contributed by atoms with van der Waals surface area (Å²) in [6.07, 6.45) is 1.70. The van der Waals surface area contributed by atoms with Crippen molar-refractivity contribution in [2.75, 3.05) is 13.4 Å². The third kappa shape index (κ3) is 4.40. The zero-order chi connectivity index (χ0) is 22.8. The van der Waals surface area contributed by atoms with Gasteiger partial charge in [-0.1, -0.05) is 29.8 Å². The van der Waals surface area contributed by atoms with Gasteiger partial charge in [0, 0.05) is 27.8 Å². The van der Waals surface area contributed by atoms with Gasteiger partial charge in [-0.2, -0.15) is 0 Å². The predicted octanol–water partition coefficient (Wildman–Crippen LogP) is 5.80. The van der Waals surface area contributed by atoms with Crippen molar-refractivity contribution in [2.24, 2.45) is 0 Å². The van der Waals surface area contributed by atoms with Gasteiger partial charge in [-0.3, -0.25) is 4.79 Å². The van der Waals surface area contributed by atoms with Crippen LogP contribution in [0.1, 0.15) is 34.0 Å². The molecule has 0 N–H and O–H groups in total. The lowest BCUT2D eigenvalue weighted by molar-refractivity contribution is -0.0175. The van der Waals surface area contributed by atoms with Crippen LogP contribution in [0.4, 0.5) is 0 Å². The first-order chi connectivity index (χ1) is 16.1. The van der Waals surface area contributed by atoms with E-state index in [1.165, 1.54) is 0 Å². The second-order valence-corrected chi connectivity index (χ2v) is 7.96. The molecule has 2 aliphatic heterocycles. The highest BCUT2D eigenvalue weighted by Gasteiger charge is 2.28. The molecule has 0 amide bonds. The van der Waals surface area contributed by atoms with E-state index in [2.05, 4.69) is 0 Å². The first-order valence-corrected chi connectivity index (χ1v) is 10.9. The Labute approximate surface area is 196 Å². The van der Waals surface area contributed by atoms with Gasteiger partial charge in [0.05, 0.1) is 18.8 Å².